The van der Waals surface area contributed by atoms with Crippen molar-refractivity contribution in [2.24, 2.45) is 5.10 Å². The molecule has 0 unspecified atom stereocenters. The molecule has 0 saturated carbocycles. The second-order valence-corrected chi connectivity index (χ2v) is 7.27. The lowest BCUT2D eigenvalue weighted by atomic mass is 10.2. The van der Waals surface area contributed by atoms with Gasteiger partial charge in [0.1, 0.15) is 5.82 Å². The third-order valence-corrected chi connectivity index (χ3v) is 5.11. The molecule has 3 aromatic rings. The number of nitrogen functional groups attached to an aromatic ring is 1. The topological polar surface area (TPSA) is 81.8 Å². The first-order valence-corrected chi connectivity index (χ1v) is 9.87. The zero-order chi connectivity index (χ0) is 19.1. The summed E-state index contributed by atoms with van der Waals surface area (Å²) < 4.78 is 12.2. The second-order valence-electron chi connectivity index (χ2n) is 5.56. The van der Waals surface area contributed by atoms with Crippen LogP contribution in [-0.4, -0.2) is 24.9 Å². The number of rotatable bonds is 8. The molecule has 3 rings (SSSR count). The van der Waals surface area contributed by atoms with Gasteiger partial charge < -0.3 is 15.2 Å². The number of thiazole rings is 1. The highest BCUT2D eigenvalue weighted by atomic mass is 79.9. The minimum absolute atomic E-state index is 0.470. The molecule has 6 nitrogen and oxygen atoms in total. The summed E-state index contributed by atoms with van der Waals surface area (Å²) in [5.41, 5.74) is 10.5. The first kappa shape index (κ1) is 19.2. The molecule has 27 heavy (non-hydrogen) atoms. The third-order valence-electron chi connectivity index (χ3n) is 3.66. The van der Waals surface area contributed by atoms with Crippen molar-refractivity contribution in [1.29, 1.82) is 0 Å². The number of hydrazone groups is 1. The van der Waals surface area contributed by atoms with Gasteiger partial charge in [0, 0.05) is 21.8 Å². The number of ether oxygens (including phenoxy) is 2. The molecular formula is C19H19BrN4O2S. The second kappa shape index (κ2) is 9.38. The normalized spacial score (nSPS) is 10.9. The van der Waals surface area contributed by atoms with E-state index < -0.39 is 0 Å². The number of nitrogens with two attached hydrogens (primary N) is 1. The molecule has 0 aliphatic carbocycles. The Bertz CT molecular complexity index is 915. The summed E-state index contributed by atoms with van der Waals surface area (Å²) in [6.07, 6.45) is 2.50. The Morgan fingerprint density at radius 2 is 2.07 bits per heavy atom. The van der Waals surface area contributed by atoms with E-state index in [1.807, 2.05) is 30.3 Å². The van der Waals surface area contributed by atoms with Crippen molar-refractivity contribution < 1.29 is 9.47 Å². The summed E-state index contributed by atoms with van der Waals surface area (Å²) in [7, 11) is 1.62. The van der Waals surface area contributed by atoms with Gasteiger partial charge in [-0.1, -0.05) is 30.3 Å². The van der Waals surface area contributed by atoms with Crippen LogP contribution < -0.4 is 20.6 Å². The van der Waals surface area contributed by atoms with Crippen LogP contribution >= 0.6 is 27.3 Å². The molecule has 0 saturated heterocycles. The first-order valence-electron chi connectivity index (χ1n) is 8.20. The van der Waals surface area contributed by atoms with Crippen LogP contribution in [0.15, 0.2) is 57.4 Å². The number of nitrogens with one attached hydrogen (secondary N) is 1. The van der Waals surface area contributed by atoms with E-state index in [-0.39, 0.29) is 0 Å². The van der Waals surface area contributed by atoms with E-state index in [1.165, 1.54) is 16.9 Å². The van der Waals surface area contributed by atoms with E-state index in [1.54, 1.807) is 18.7 Å². The molecule has 2 aromatic carbocycles. The number of anilines is 2. The van der Waals surface area contributed by atoms with E-state index in [2.05, 4.69) is 43.6 Å². The molecule has 3 N–H and O–H groups in total. The van der Waals surface area contributed by atoms with Crippen LogP contribution in [0.3, 0.4) is 0 Å². The lowest BCUT2D eigenvalue weighted by molar-refractivity contribution is 0.297. The largest absolute Gasteiger partial charge is 0.493 e. The minimum atomic E-state index is 0.470. The number of hydrogen-bond acceptors (Lipinski definition) is 7. The molecule has 0 aliphatic heterocycles. The van der Waals surface area contributed by atoms with Crippen molar-refractivity contribution >= 4 is 44.4 Å². The zero-order valence-corrected chi connectivity index (χ0v) is 17.1. The minimum Gasteiger partial charge on any atom is -0.493 e. The summed E-state index contributed by atoms with van der Waals surface area (Å²) in [6.45, 7) is 0.563. The van der Waals surface area contributed by atoms with Gasteiger partial charge in [0.2, 0.25) is 5.13 Å². The third kappa shape index (κ3) is 5.45. The molecule has 140 valence electrons. The average Bonchev–Trinajstić information content (AvgIpc) is 3.09. The first-order chi connectivity index (χ1) is 13.2. The highest BCUT2D eigenvalue weighted by Crippen LogP contribution is 2.33. The van der Waals surface area contributed by atoms with Crippen molar-refractivity contribution in [1.82, 2.24) is 4.98 Å². The SMILES string of the molecule is COc1cc(C=NNc2nc(N)cs2)c(Br)cc1OCCc1ccccc1. The summed E-state index contributed by atoms with van der Waals surface area (Å²) in [5, 5.41) is 6.56. The van der Waals surface area contributed by atoms with Gasteiger partial charge in [-0.25, -0.2) is 4.98 Å². The summed E-state index contributed by atoms with van der Waals surface area (Å²) in [5.74, 6) is 1.79. The van der Waals surface area contributed by atoms with E-state index in [0.717, 1.165) is 16.5 Å². The lowest BCUT2D eigenvalue weighted by Crippen LogP contribution is -2.03. The highest BCUT2D eigenvalue weighted by Gasteiger charge is 2.10. The highest BCUT2D eigenvalue weighted by molar-refractivity contribution is 9.10. The smallest absolute Gasteiger partial charge is 0.205 e. The van der Waals surface area contributed by atoms with Gasteiger partial charge in [0.25, 0.3) is 0 Å². The monoisotopic (exact) mass is 446 g/mol. The van der Waals surface area contributed by atoms with Gasteiger partial charge in [0.05, 0.1) is 19.9 Å². The molecule has 0 spiro atoms. The molecule has 8 heteroatoms. The summed E-state index contributed by atoms with van der Waals surface area (Å²) in [4.78, 5) is 4.09. The fraction of sp³-hybridized carbons (Fsp3) is 0.158. The lowest BCUT2D eigenvalue weighted by Gasteiger charge is -2.12. The van der Waals surface area contributed by atoms with Crippen LogP contribution in [0.25, 0.3) is 0 Å². The van der Waals surface area contributed by atoms with Gasteiger partial charge in [-0.3, -0.25) is 5.43 Å². The van der Waals surface area contributed by atoms with Crippen molar-refractivity contribution in [3.05, 3.63) is 63.4 Å². The van der Waals surface area contributed by atoms with Crippen molar-refractivity contribution in [2.45, 2.75) is 6.42 Å². The van der Waals surface area contributed by atoms with Crippen LogP contribution in [0.1, 0.15) is 11.1 Å². The predicted molar refractivity (Wildman–Crippen MR) is 114 cm³/mol. The molecular weight excluding hydrogens is 428 g/mol. The van der Waals surface area contributed by atoms with Crippen molar-refractivity contribution in [3.8, 4) is 11.5 Å². The summed E-state index contributed by atoms with van der Waals surface area (Å²) >= 11 is 4.94. The standard InChI is InChI=1S/C19H19BrN4O2S/c1-25-16-9-14(11-22-24-19-23-18(21)12-27-19)15(20)10-17(16)26-8-7-13-5-3-2-4-6-13/h2-6,9-12H,7-8,21H2,1H3,(H,23,24). The van der Waals surface area contributed by atoms with Crippen LogP contribution in [0.5, 0.6) is 11.5 Å². The van der Waals surface area contributed by atoms with E-state index in [4.69, 9.17) is 15.2 Å². The van der Waals surface area contributed by atoms with Crippen LogP contribution in [0.4, 0.5) is 10.9 Å². The van der Waals surface area contributed by atoms with Gasteiger partial charge in [-0.05, 0) is 33.6 Å². The molecule has 0 aliphatic rings. The molecule has 1 aromatic heterocycles. The molecule has 0 bridgehead atoms. The van der Waals surface area contributed by atoms with Crippen LogP contribution in [0.2, 0.25) is 0 Å². The molecule has 0 radical (unpaired) electrons. The maximum atomic E-state index is 5.91. The number of aromatic nitrogens is 1. The zero-order valence-electron chi connectivity index (χ0n) is 14.7. The number of benzene rings is 2. The maximum Gasteiger partial charge on any atom is 0.205 e. The molecule has 0 amide bonds. The van der Waals surface area contributed by atoms with Gasteiger partial charge in [0.15, 0.2) is 11.5 Å². The Morgan fingerprint density at radius 3 is 2.78 bits per heavy atom. The van der Waals surface area contributed by atoms with E-state index in [0.29, 0.717) is 29.1 Å². The Balaban J connectivity index is 1.65. The quantitative estimate of drug-likeness (QED) is 0.391. The van der Waals surface area contributed by atoms with Gasteiger partial charge >= 0.3 is 0 Å². The fourth-order valence-electron chi connectivity index (χ4n) is 2.34. The van der Waals surface area contributed by atoms with Crippen molar-refractivity contribution in [3.63, 3.8) is 0 Å². The number of nitrogens with zero attached hydrogens (tertiary/aromatic N) is 2. The van der Waals surface area contributed by atoms with Crippen LogP contribution in [-0.2, 0) is 6.42 Å². The molecule has 0 fully saturated rings. The Labute approximate surface area is 170 Å². The predicted octanol–water partition coefficient (Wildman–Crippen LogP) is 4.56. The van der Waals surface area contributed by atoms with E-state index >= 15 is 0 Å². The Kier molecular flexibility index (Phi) is 6.67. The molecule has 0 atom stereocenters. The fourth-order valence-corrected chi connectivity index (χ4v) is 3.31. The van der Waals surface area contributed by atoms with Crippen molar-refractivity contribution in [2.75, 3.05) is 24.9 Å². The number of hydrogen-bond donors (Lipinski definition) is 2. The Hall–Kier alpha value is -2.58. The van der Waals surface area contributed by atoms with E-state index in [9.17, 15) is 0 Å². The summed E-state index contributed by atoms with van der Waals surface area (Å²) in [6, 6.07) is 14.0. The molecule has 1 heterocycles. The number of methoxy groups -OCH3 is 1. The maximum absolute atomic E-state index is 5.91. The van der Waals surface area contributed by atoms with Gasteiger partial charge in [-0.2, -0.15) is 5.10 Å². The Morgan fingerprint density at radius 1 is 1.26 bits per heavy atom. The van der Waals surface area contributed by atoms with Gasteiger partial charge in [-0.15, -0.1) is 11.3 Å². The average molecular weight is 447 g/mol. The number of halogens is 1. The van der Waals surface area contributed by atoms with Crippen LogP contribution in [0, 0.1) is 0 Å².